The van der Waals surface area contributed by atoms with Gasteiger partial charge < -0.3 is 56.8 Å². The van der Waals surface area contributed by atoms with Crippen LogP contribution in [0.3, 0.4) is 0 Å². The Morgan fingerprint density at radius 3 is 0.769 bits per heavy atom. The second-order valence-corrected chi connectivity index (χ2v) is 37.9. The second kappa shape index (κ2) is 40.4. The molecule has 36 heteroatoms. The van der Waals surface area contributed by atoms with Crippen LogP contribution in [0.1, 0.15) is 276 Å². The third-order valence-electron chi connectivity index (χ3n) is 25.9. The molecule has 0 aromatic carbocycles. The largest absolute Gasteiger partial charge is 0.462 e. The number of alkyl halides is 12. The van der Waals surface area contributed by atoms with E-state index < -0.39 is 211 Å². The monoisotopic (exact) mass is 1750 g/mol. The number of carbonyl (C=O) groups excluding carboxylic acids is 12. The predicted molar refractivity (Wildman–Crippen MR) is 401 cm³/mol. The highest BCUT2D eigenvalue weighted by molar-refractivity contribution is 6.01. The molecule has 0 amide bonds. The van der Waals surface area contributed by atoms with Crippen molar-refractivity contribution in [3.8, 4) is 0 Å². The lowest BCUT2D eigenvalue weighted by Gasteiger charge is -2.55. The van der Waals surface area contributed by atoms with Gasteiger partial charge in [0.05, 0.1) is 34.5 Å². The standard InChI is InChI=1S/C23H32F4O6.C22H32F2O6.C21H30F2O6.C19H28F4O6/c1-4-20(2,3)17(28)31-5-6-32-18(29)22(24,25)13-23(26,27)19(30)33-21-10-14-7-15(11-21)9-16(8-14)12-21;1-4-20(2,3)18(26)28-5-6-29-19(27)22(23,24)13-17(25)30-21-10-14-7-15(11-21)9-16(8-14)12-21;1-4-19(2,3)16(24)27-5-6-28-17(25)21(22,23)18(26)29-20-10-13-7-14(11-20)9-15(8-13)12-20;1-4-17(2,3)14(24)27-10-11-28-15(25)18(20,21)12-19(22,23)16(26)29-13-8-6-5-7-9-13/h14-16H,4-13H2,1-3H3;14-16H,4-13H2,1-3H3;13-15H,4-12H2,1-3H3;13H,4-12H2,1-3H3. The van der Waals surface area contributed by atoms with Gasteiger partial charge >= 0.3 is 107 Å². The minimum Gasteiger partial charge on any atom is -0.462 e. The fraction of sp³-hybridized carbons (Fsp3) is 0.859. The highest BCUT2D eigenvalue weighted by atomic mass is 19.3. The summed E-state index contributed by atoms with van der Waals surface area (Å²) in [5, 5.41) is 0. The number of halogens is 12. The van der Waals surface area contributed by atoms with Crippen molar-refractivity contribution in [1.82, 2.24) is 0 Å². The zero-order valence-electron chi connectivity index (χ0n) is 71.5. The topological polar surface area (TPSA) is 316 Å². The zero-order chi connectivity index (χ0) is 90.6. The van der Waals surface area contributed by atoms with Crippen molar-refractivity contribution in [3.05, 3.63) is 0 Å². The van der Waals surface area contributed by atoms with Crippen molar-refractivity contribution in [2.24, 2.45) is 74.9 Å². The first-order valence-electron chi connectivity index (χ1n) is 42.5. The average Bonchev–Trinajstić information content (AvgIpc) is 0.750. The van der Waals surface area contributed by atoms with E-state index >= 15 is 0 Å². The summed E-state index contributed by atoms with van der Waals surface area (Å²) >= 11 is 0. The molecule has 0 N–H and O–H groups in total. The van der Waals surface area contributed by atoms with Gasteiger partial charge in [0, 0.05) is 0 Å². The summed E-state index contributed by atoms with van der Waals surface area (Å²) in [6.07, 6.45) is 13.4. The summed E-state index contributed by atoms with van der Waals surface area (Å²) in [4.78, 5) is 142. The van der Waals surface area contributed by atoms with E-state index in [2.05, 4.69) is 23.7 Å². The minimum atomic E-state index is -4.61. The summed E-state index contributed by atoms with van der Waals surface area (Å²) < 4.78 is 227. The molecule has 121 heavy (non-hydrogen) atoms. The number of carbonyl (C=O) groups is 12. The normalized spacial score (nSPS) is 26.6. The number of esters is 12. The Labute approximate surface area is 698 Å². The van der Waals surface area contributed by atoms with Gasteiger partial charge in [-0.1, -0.05) is 34.1 Å². The first-order valence-corrected chi connectivity index (χ1v) is 42.5. The van der Waals surface area contributed by atoms with Gasteiger partial charge in [0.2, 0.25) is 0 Å². The molecule has 12 bridgehead atoms. The summed E-state index contributed by atoms with van der Waals surface area (Å²) in [5.74, 6) is -40.4. The van der Waals surface area contributed by atoms with Gasteiger partial charge in [-0.3, -0.25) is 24.0 Å². The predicted octanol–water partition coefficient (Wildman–Crippen LogP) is 16.4. The lowest BCUT2D eigenvalue weighted by atomic mass is 9.54. The highest BCUT2D eigenvalue weighted by Crippen LogP contribution is 2.60. The molecule has 13 saturated carbocycles. The third-order valence-corrected chi connectivity index (χ3v) is 25.9. The molecule has 0 saturated heterocycles. The van der Waals surface area contributed by atoms with E-state index in [0.29, 0.717) is 143 Å². The van der Waals surface area contributed by atoms with Crippen molar-refractivity contribution >= 4 is 71.6 Å². The Hall–Kier alpha value is -7.20. The van der Waals surface area contributed by atoms with Crippen LogP contribution in [0.25, 0.3) is 0 Å². The number of rotatable bonds is 37. The Morgan fingerprint density at radius 1 is 0.273 bits per heavy atom. The maximum Gasteiger partial charge on any atom is 0.437 e. The van der Waals surface area contributed by atoms with Crippen LogP contribution in [0.5, 0.6) is 0 Å². The maximum absolute atomic E-state index is 14.4. The molecule has 24 nitrogen and oxygen atoms in total. The zero-order valence-corrected chi connectivity index (χ0v) is 71.5. The summed E-state index contributed by atoms with van der Waals surface area (Å²) in [7, 11) is 0. The molecule has 13 fully saturated rings. The van der Waals surface area contributed by atoms with Crippen molar-refractivity contribution in [2.45, 2.75) is 334 Å². The molecule has 690 valence electrons. The van der Waals surface area contributed by atoms with Crippen LogP contribution < -0.4 is 0 Å². The molecule has 0 atom stereocenters. The molecule has 0 aliphatic heterocycles. The third kappa shape index (κ3) is 27.6. The van der Waals surface area contributed by atoms with Crippen molar-refractivity contribution in [3.63, 3.8) is 0 Å². The van der Waals surface area contributed by atoms with Gasteiger partial charge in [-0.25, -0.2) is 33.6 Å². The number of ether oxygens (including phenoxy) is 12. The summed E-state index contributed by atoms with van der Waals surface area (Å²) in [5.41, 5.74) is -5.52. The van der Waals surface area contributed by atoms with Gasteiger partial charge in [-0.2, -0.15) is 52.7 Å². The molecule has 0 radical (unpaired) electrons. The molecule has 0 aromatic rings. The van der Waals surface area contributed by atoms with E-state index in [4.69, 9.17) is 33.2 Å². The average molecular weight is 1760 g/mol. The van der Waals surface area contributed by atoms with Gasteiger partial charge in [-0.05, 0) is 276 Å². The Kier molecular flexibility index (Phi) is 33.7. The van der Waals surface area contributed by atoms with Crippen LogP contribution in [0.15, 0.2) is 0 Å². The molecule has 0 spiro atoms. The fourth-order valence-electron chi connectivity index (χ4n) is 18.7. The maximum atomic E-state index is 14.4. The Balaban J connectivity index is 0.000000222. The Bertz CT molecular complexity index is 3540. The number of hydrogen-bond donors (Lipinski definition) is 0. The van der Waals surface area contributed by atoms with E-state index in [1.54, 1.807) is 69.2 Å². The molecule has 0 unspecified atom stereocenters. The van der Waals surface area contributed by atoms with E-state index in [1.165, 1.54) is 0 Å². The van der Waals surface area contributed by atoms with Crippen LogP contribution in [0.2, 0.25) is 0 Å². The van der Waals surface area contributed by atoms with Gasteiger partial charge in [0.25, 0.3) is 0 Å². The van der Waals surface area contributed by atoms with Crippen LogP contribution in [0.4, 0.5) is 52.7 Å². The van der Waals surface area contributed by atoms with Crippen LogP contribution in [0, 0.1) is 74.9 Å². The SMILES string of the molecule is CCC(C)(C)C(=O)OCCOC(=O)C(F)(F)C(=O)OC12CC3CC(CC(C3)C1)C2.CCC(C)(C)C(=O)OCCOC(=O)C(F)(F)CC(=O)OC12CC3CC(CC(C3)C1)C2.CCC(C)(C)C(=O)OCCOC(=O)C(F)(F)CC(F)(F)C(=O)OC12CC3CC(CC(C3)C1)C2.CCC(C)(C)C(=O)OCCOC(=O)C(F)(F)CC(F)(F)C(=O)OC1CCCCC1. The van der Waals surface area contributed by atoms with E-state index in [9.17, 15) is 110 Å². The second-order valence-electron chi connectivity index (χ2n) is 37.9. The molecule has 0 aromatic heterocycles. The Morgan fingerprint density at radius 2 is 0.496 bits per heavy atom. The van der Waals surface area contributed by atoms with Crippen LogP contribution in [-0.2, 0) is 114 Å². The molecule has 13 aliphatic rings. The minimum absolute atomic E-state index is 0.311. The highest BCUT2D eigenvalue weighted by Gasteiger charge is 2.63. The first-order chi connectivity index (χ1) is 55.9. The van der Waals surface area contributed by atoms with Gasteiger partial charge in [0.15, 0.2) is 0 Å². The summed E-state index contributed by atoms with van der Waals surface area (Å²) in [6.45, 7) is 16.3. The van der Waals surface area contributed by atoms with Crippen molar-refractivity contribution in [2.75, 3.05) is 52.9 Å². The van der Waals surface area contributed by atoms with Crippen molar-refractivity contribution in [1.29, 1.82) is 0 Å². The van der Waals surface area contributed by atoms with Gasteiger partial charge in [-0.15, -0.1) is 0 Å². The fourth-order valence-corrected chi connectivity index (χ4v) is 18.7. The number of hydrogen-bond acceptors (Lipinski definition) is 24. The molecular formula is C85H122F12O24. The lowest BCUT2D eigenvalue weighted by Crippen LogP contribution is -2.55. The molecular weight excluding hydrogens is 1630 g/mol. The van der Waals surface area contributed by atoms with E-state index in [0.717, 1.165) is 83.5 Å². The molecule has 13 rings (SSSR count). The van der Waals surface area contributed by atoms with Gasteiger partial charge in [0.1, 0.15) is 82.2 Å². The molecule has 13 aliphatic carbocycles. The first kappa shape index (κ1) is 101. The van der Waals surface area contributed by atoms with Crippen LogP contribution >= 0.6 is 0 Å². The summed E-state index contributed by atoms with van der Waals surface area (Å²) in [6, 6.07) is 0. The molecule has 0 heterocycles. The van der Waals surface area contributed by atoms with E-state index in [-0.39, 0.29) is 13.2 Å². The van der Waals surface area contributed by atoms with Crippen LogP contribution in [-0.4, -0.2) is 183 Å². The lowest BCUT2D eigenvalue weighted by molar-refractivity contribution is -0.220. The van der Waals surface area contributed by atoms with E-state index in [1.807, 2.05) is 13.8 Å². The van der Waals surface area contributed by atoms with Crippen molar-refractivity contribution < 1.29 is 167 Å². The quantitative estimate of drug-likeness (QED) is 0.0183. The smallest absolute Gasteiger partial charge is 0.437 e.